The summed E-state index contributed by atoms with van der Waals surface area (Å²) in [6.07, 6.45) is -1.15. The van der Waals surface area contributed by atoms with E-state index in [0.717, 1.165) is 0 Å². The molecule has 1 atom stereocenters. The summed E-state index contributed by atoms with van der Waals surface area (Å²) in [5, 5.41) is 3.18. The van der Waals surface area contributed by atoms with Gasteiger partial charge >= 0.3 is 5.97 Å². The normalized spacial score (nSPS) is 11.4. The summed E-state index contributed by atoms with van der Waals surface area (Å²) in [5.41, 5.74) is 0.301. The molecule has 1 amide bonds. The first-order valence-corrected chi connectivity index (χ1v) is 9.31. The fraction of sp³-hybridized carbons (Fsp3) is 0.263. The van der Waals surface area contributed by atoms with Crippen LogP contribution in [0.3, 0.4) is 0 Å². The van der Waals surface area contributed by atoms with E-state index in [-0.39, 0.29) is 32.1 Å². The van der Waals surface area contributed by atoms with Crippen molar-refractivity contribution in [1.82, 2.24) is 0 Å². The Morgan fingerprint density at radius 2 is 1.38 bits per heavy atom. The van der Waals surface area contributed by atoms with Crippen LogP contribution in [0.1, 0.15) is 17.3 Å². The lowest BCUT2D eigenvalue weighted by atomic mass is 10.1. The number of rotatable bonds is 7. The first kappa shape index (κ1) is 22.9. The molecule has 10 heteroatoms. The van der Waals surface area contributed by atoms with Crippen LogP contribution < -0.4 is 19.5 Å². The topological polar surface area (TPSA) is 83.1 Å². The van der Waals surface area contributed by atoms with Gasteiger partial charge in [0, 0.05) is 12.1 Å². The highest BCUT2D eigenvalue weighted by Crippen LogP contribution is 2.35. The summed E-state index contributed by atoms with van der Waals surface area (Å²) in [6, 6.07) is 5.68. The fourth-order valence-corrected chi connectivity index (χ4v) is 2.91. The molecule has 29 heavy (non-hydrogen) atoms. The van der Waals surface area contributed by atoms with E-state index in [1.807, 2.05) is 0 Å². The summed E-state index contributed by atoms with van der Waals surface area (Å²) in [7, 11) is 4.27. The number of hydrogen-bond donors (Lipinski definition) is 1. The van der Waals surface area contributed by atoms with Gasteiger partial charge in [-0.15, -0.1) is 0 Å². The van der Waals surface area contributed by atoms with Crippen LogP contribution in [0.25, 0.3) is 0 Å². The van der Waals surface area contributed by atoms with Gasteiger partial charge in [-0.2, -0.15) is 0 Å². The monoisotopic (exact) mass is 461 g/mol. The maximum atomic E-state index is 12.6. The molecule has 2 aromatic carbocycles. The van der Waals surface area contributed by atoms with Crippen molar-refractivity contribution in [1.29, 1.82) is 0 Å². The van der Waals surface area contributed by atoms with Crippen molar-refractivity contribution < 1.29 is 28.5 Å². The van der Waals surface area contributed by atoms with Crippen molar-refractivity contribution >= 4 is 52.4 Å². The number of halogens is 3. The molecule has 0 unspecified atom stereocenters. The van der Waals surface area contributed by atoms with E-state index in [4.69, 9.17) is 53.8 Å². The van der Waals surface area contributed by atoms with Crippen molar-refractivity contribution in [2.75, 3.05) is 26.6 Å². The van der Waals surface area contributed by atoms with E-state index >= 15 is 0 Å². The molecule has 0 heterocycles. The summed E-state index contributed by atoms with van der Waals surface area (Å²) in [6.45, 7) is 1.41. The van der Waals surface area contributed by atoms with E-state index in [9.17, 15) is 9.59 Å². The Morgan fingerprint density at radius 1 is 0.828 bits per heavy atom. The van der Waals surface area contributed by atoms with Crippen LogP contribution in [-0.2, 0) is 9.53 Å². The molecule has 1 N–H and O–H groups in total. The van der Waals surface area contributed by atoms with Gasteiger partial charge in [0.25, 0.3) is 5.91 Å². The summed E-state index contributed by atoms with van der Waals surface area (Å²) < 4.78 is 20.8. The predicted octanol–water partition coefficient (Wildman–Crippen LogP) is 4.86. The Labute approximate surface area is 182 Å². The smallest absolute Gasteiger partial charge is 0.342 e. The molecule has 0 aliphatic carbocycles. The van der Waals surface area contributed by atoms with Crippen LogP contribution in [-0.4, -0.2) is 39.3 Å². The number of amides is 1. The number of esters is 1. The van der Waals surface area contributed by atoms with Gasteiger partial charge in [0.05, 0.1) is 42.1 Å². The molecule has 0 spiro atoms. The number of carbonyl (C=O) groups is 2. The van der Waals surface area contributed by atoms with Crippen molar-refractivity contribution in [3.63, 3.8) is 0 Å². The average molecular weight is 463 g/mol. The van der Waals surface area contributed by atoms with Gasteiger partial charge in [-0.1, -0.05) is 34.8 Å². The van der Waals surface area contributed by atoms with Gasteiger partial charge in [-0.05, 0) is 19.1 Å². The maximum absolute atomic E-state index is 12.6. The Balaban J connectivity index is 2.18. The molecule has 0 saturated heterocycles. The van der Waals surface area contributed by atoms with Gasteiger partial charge in [0.2, 0.25) is 0 Å². The number of carbonyl (C=O) groups excluding carboxylic acids is 2. The number of benzene rings is 2. The van der Waals surface area contributed by atoms with Gasteiger partial charge in [0.15, 0.2) is 17.6 Å². The average Bonchev–Trinajstić information content (AvgIpc) is 2.70. The number of methoxy groups -OCH3 is 3. The second-order valence-electron chi connectivity index (χ2n) is 5.69. The highest BCUT2D eigenvalue weighted by molar-refractivity contribution is 6.44. The second-order valence-corrected chi connectivity index (χ2v) is 6.91. The molecule has 0 fully saturated rings. The highest BCUT2D eigenvalue weighted by atomic mass is 35.5. The van der Waals surface area contributed by atoms with Crippen LogP contribution >= 0.6 is 34.8 Å². The molecule has 0 radical (unpaired) electrons. The molecule has 2 rings (SSSR count). The number of nitrogens with one attached hydrogen (secondary N) is 1. The predicted molar refractivity (Wildman–Crippen MR) is 111 cm³/mol. The molecule has 0 aliphatic rings. The van der Waals surface area contributed by atoms with E-state index in [1.165, 1.54) is 52.5 Å². The SMILES string of the molecule is COc1cc(OC)c(C(=O)O[C@H](C)C(=O)Nc2cc(Cl)c(Cl)cc2Cl)cc1OC. The van der Waals surface area contributed by atoms with Gasteiger partial charge < -0.3 is 24.3 Å². The highest BCUT2D eigenvalue weighted by Gasteiger charge is 2.24. The molecule has 2 aromatic rings. The Hall–Kier alpha value is -2.35. The van der Waals surface area contributed by atoms with Gasteiger partial charge in [0.1, 0.15) is 11.3 Å². The van der Waals surface area contributed by atoms with Crippen LogP contribution in [0.4, 0.5) is 5.69 Å². The third-order valence-electron chi connectivity index (χ3n) is 3.85. The maximum Gasteiger partial charge on any atom is 0.342 e. The van der Waals surface area contributed by atoms with E-state index < -0.39 is 18.0 Å². The molecule has 0 aromatic heterocycles. The minimum absolute atomic E-state index is 0.0670. The molecular weight excluding hydrogens is 445 g/mol. The van der Waals surface area contributed by atoms with E-state index in [1.54, 1.807) is 0 Å². The standard InChI is InChI=1S/C19H18Cl3NO6/c1-9(18(24)23-14-7-12(21)11(20)6-13(14)22)29-19(25)10-5-16(27-3)17(28-4)8-15(10)26-2/h5-9H,1-4H3,(H,23,24)/t9-/m1/s1. The summed E-state index contributed by atoms with van der Waals surface area (Å²) in [4.78, 5) is 25.0. The largest absolute Gasteiger partial charge is 0.496 e. The first-order valence-electron chi connectivity index (χ1n) is 8.18. The van der Waals surface area contributed by atoms with Crippen LogP contribution in [0.5, 0.6) is 17.2 Å². The summed E-state index contributed by atoms with van der Waals surface area (Å²) >= 11 is 17.8. The Morgan fingerprint density at radius 3 is 1.97 bits per heavy atom. The van der Waals surface area contributed by atoms with Crippen LogP contribution in [0.15, 0.2) is 24.3 Å². The van der Waals surface area contributed by atoms with Crippen molar-refractivity contribution in [3.05, 3.63) is 44.9 Å². The van der Waals surface area contributed by atoms with Gasteiger partial charge in [-0.3, -0.25) is 4.79 Å². The Bertz CT molecular complexity index is 935. The third kappa shape index (κ3) is 5.38. The molecular formula is C19H18Cl3NO6. The zero-order chi connectivity index (χ0) is 21.7. The van der Waals surface area contributed by atoms with Crippen molar-refractivity contribution in [2.24, 2.45) is 0 Å². The van der Waals surface area contributed by atoms with Crippen LogP contribution in [0, 0.1) is 0 Å². The van der Waals surface area contributed by atoms with Crippen LogP contribution in [0.2, 0.25) is 15.1 Å². The molecule has 0 aliphatic heterocycles. The number of ether oxygens (including phenoxy) is 4. The van der Waals surface area contributed by atoms with Crippen molar-refractivity contribution in [3.8, 4) is 17.2 Å². The quantitative estimate of drug-likeness (QED) is 0.467. The minimum atomic E-state index is -1.15. The minimum Gasteiger partial charge on any atom is -0.496 e. The third-order valence-corrected chi connectivity index (χ3v) is 4.88. The van der Waals surface area contributed by atoms with Gasteiger partial charge in [-0.25, -0.2) is 4.79 Å². The lowest BCUT2D eigenvalue weighted by Gasteiger charge is -2.17. The molecule has 156 valence electrons. The fourth-order valence-electron chi connectivity index (χ4n) is 2.32. The molecule has 0 bridgehead atoms. The van der Waals surface area contributed by atoms with Crippen molar-refractivity contribution in [2.45, 2.75) is 13.0 Å². The lowest BCUT2D eigenvalue weighted by molar-refractivity contribution is -0.123. The Kier molecular flexibility index (Phi) is 7.84. The number of hydrogen-bond acceptors (Lipinski definition) is 6. The summed E-state index contributed by atoms with van der Waals surface area (Å²) in [5.74, 6) is -0.516. The van der Waals surface area contributed by atoms with E-state index in [2.05, 4.69) is 5.32 Å². The molecule has 0 saturated carbocycles. The van der Waals surface area contributed by atoms with E-state index in [0.29, 0.717) is 11.5 Å². The first-order chi connectivity index (χ1) is 13.7. The molecule has 7 nitrogen and oxygen atoms in total. The zero-order valence-electron chi connectivity index (χ0n) is 16.0. The lowest BCUT2D eigenvalue weighted by Crippen LogP contribution is -2.30. The number of anilines is 1. The zero-order valence-corrected chi connectivity index (χ0v) is 18.2. The second kappa shape index (κ2) is 9.91.